The predicted octanol–water partition coefficient (Wildman–Crippen LogP) is 0.946. The van der Waals surface area contributed by atoms with Crippen LogP contribution in [0.4, 0.5) is 4.79 Å². The number of amides is 2. The van der Waals surface area contributed by atoms with Crippen LogP contribution in [0.15, 0.2) is 16.8 Å². The average molecular weight is 258 g/mol. The number of aliphatic hydroxyl groups excluding tert-OH is 1. The third-order valence-electron chi connectivity index (χ3n) is 2.02. The molecule has 0 aliphatic heterocycles. The van der Waals surface area contributed by atoms with E-state index in [2.05, 4.69) is 10.6 Å². The van der Waals surface area contributed by atoms with Gasteiger partial charge in [0.2, 0.25) is 0 Å². The number of aliphatic hydroxyl groups is 1. The molecule has 2 amide bonds. The highest BCUT2D eigenvalue weighted by Gasteiger charge is 1.99. The van der Waals surface area contributed by atoms with Crippen LogP contribution in [0, 0.1) is 0 Å². The zero-order chi connectivity index (χ0) is 12.3. The average Bonchev–Trinajstić information content (AvgIpc) is 2.84. The Morgan fingerprint density at radius 3 is 3.00 bits per heavy atom. The number of urea groups is 1. The van der Waals surface area contributed by atoms with Gasteiger partial charge >= 0.3 is 6.03 Å². The number of carbonyl (C=O) groups is 1. The molecule has 1 aromatic rings. The Balaban J connectivity index is 1.94. The summed E-state index contributed by atoms with van der Waals surface area (Å²) in [5, 5.41) is 17.9. The summed E-state index contributed by atoms with van der Waals surface area (Å²) in [5.41, 5.74) is 1.11. The molecule has 1 rings (SSSR count). The second-order valence-corrected chi connectivity index (χ2v) is 4.21. The van der Waals surface area contributed by atoms with Crippen LogP contribution in [-0.4, -0.2) is 37.5 Å². The maximum atomic E-state index is 11.3. The highest BCUT2D eigenvalue weighted by molar-refractivity contribution is 7.07. The third kappa shape index (κ3) is 6.93. The zero-order valence-corrected chi connectivity index (χ0v) is 10.5. The monoisotopic (exact) mass is 258 g/mol. The van der Waals surface area contributed by atoms with Gasteiger partial charge in [-0.05, 0) is 28.8 Å². The van der Waals surface area contributed by atoms with Crippen molar-refractivity contribution in [3.05, 3.63) is 22.4 Å². The van der Waals surface area contributed by atoms with Gasteiger partial charge in [0.15, 0.2) is 0 Å². The number of hydrogen-bond acceptors (Lipinski definition) is 4. The van der Waals surface area contributed by atoms with Crippen LogP contribution < -0.4 is 10.6 Å². The van der Waals surface area contributed by atoms with Gasteiger partial charge in [-0.2, -0.15) is 11.3 Å². The van der Waals surface area contributed by atoms with Crippen LogP contribution in [0.3, 0.4) is 0 Å². The van der Waals surface area contributed by atoms with Gasteiger partial charge in [-0.1, -0.05) is 0 Å². The summed E-state index contributed by atoms with van der Waals surface area (Å²) in [6.07, 6.45) is 0.742. The first-order valence-electron chi connectivity index (χ1n) is 5.54. The molecule has 1 aromatic heterocycles. The summed E-state index contributed by atoms with van der Waals surface area (Å²) in [4.78, 5) is 11.3. The van der Waals surface area contributed by atoms with E-state index in [0.717, 1.165) is 12.0 Å². The fraction of sp³-hybridized carbons (Fsp3) is 0.545. The van der Waals surface area contributed by atoms with Crippen LogP contribution in [0.5, 0.6) is 0 Å². The Bertz CT molecular complexity index is 304. The number of ether oxygens (including phenoxy) is 1. The quantitative estimate of drug-likeness (QED) is 0.608. The van der Waals surface area contributed by atoms with E-state index in [1.165, 1.54) is 0 Å². The molecule has 5 nitrogen and oxygen atoms in total. The van der Waals surface area contributed by atoms with Gasteiger partial charge in [-0.25, -0.2) is 4.79 Å². The molecular formula is C11H18N2O3S. The lowest BCUT2D eigenvalue weighted by molar-refractivity contribution is 0.0910. The Hall–Kier alpha value is -1.11. The van der Waals surface area contributed by atoms with Crippen molar-refractivity contribution in [2.45, 2.75) is 13.0 Å². The summed E-state index contributed by atoms with van der Waals surface area (Å²) in [6, 6.07) is 1.81. The van der Waals surface area contributed by atoms with Gasteiger partial charge in [0.1, 0.15) is 0 Å². The molecule has 0 aliphatic carbocycles. The molecule has 1 heterocycles. The van der Waals surface area contributed by atoms with E-state index in [1.807, 2.05) is 16.8 Å². The van der Waals surface area contributed by atoms with E-state index in [9.17, 15) is 4.79 Å². The lowest BCUT2D eigenvalue weighted by atomic mass is 10.3. The summed E-state index contributed by atoms with van der Waals surface area (Å²) in [7, 11) is 0. The third-order valence-corrected chi connectivity index (χ3v) is 2.75. The molecular weight excluding hydrogens is 240 g/mol. The molecule has 0 bridgehead atoms. The van der Waals surface area contributed by atoms with E-state index >= 15 is 0 Å². The topological polar surface area (TPSA) is 70.6 Å². The van der Waals surface area contributed by atoms with Crippen molar-refractivity contribution < 1.29 is 14.6 Å². The molecule has 0 unspecified atom stereocenters. The largest absolute Gasteiger partial charge is 0.394 e. The smallest absolute Gasteiger partial charge is 0.315 e. The van der Waals surface area contributed by atoms with E-state index in [4.69, 9.17) is 9.84 Å². The van der Waals surface area contributed by atoms with Crippen LogP contribution in [-0.2, 0) is 11.3 Å². The van der Waals surface area contributed by atoms with E-state index in [-0.39, 0.29) is 12.6 Å². The lowest BCUT2D eigenvalue weighted by Gasteiger charge is -2.06. The summed E-state index contributed by atoms with van der Waals surface area (Å²) >= 11 is 1.61. The number of carbonyl (C=O) groups excluding carboxylic acids is 1. The number of thiophene rings is 1. The van der Waals surface area contributed by atoms with Crippen LogP contribution >= 0.6 is 11.3 Å². The number of rotatable bonds is 8. The molecule has 0 atom stereocenters. The lowest BCUT2D eigenvalue weighted by Crippen LogP contribution is -2.35. The van der Waals surface area contributed by atoms with Crippen molar-refractivity contribution in [2.24, 2.45) is 0 Å². The zero-order valence-electron chi connectivity index (χ0n) is 9.65. The molecule has 6 heteroatoms. The highest BCUT2D eigenvalue weighted by Crippen LogP contribution is 2.04. The van der Waals surface area contributed by atoms with Crippen LogP contribution in [0.2, 0.25) is 0 Å². The van der Waals surface area contributed by atoms with Crippen molar-refractivity contribution >= 4 is 17.4 Å². The first-order chi connectivity index (χ1) is 8.33. The molecule has 0 aliphatic rings. The minimum atomic E-state index is -0.168. The van der Waals surface area contributed by atoms with Crippen molar-refractivity contribution in [1.29, 1.82) is 0 Å². The minimum Gasteiger partial charge on any atom is -0.394 e. The van der Waals surface area contributed by atoms with Crippen molar-refractivity contribution in [3.8, 4) is 0 Å². The first kappa shape index (κ1) is 14.0. The minimum absolute atomic E-state index is 0.0363. The second kappa shape index (κ2) is 8.98. The maximum absolute atomic E-state index is 11.3. The van der Waals surface area contributed by atoms with Crippen LogP contribution in [0.25, 0.3) is 0 Å². The maximum Gasteiger partial charge on any atom is 0.315 e. The van der Waals surface area contributed by atoms with E-state index in [1.54, 1.807) is 11.3 Å². The molecule has 0 saturated carbocycles. The Labute approximate surface area is 105 Å². The van der Waals surface area contributed by atoms with Crippen molar-refractivity contribution in [1.82, 2.24) is 10.6 Å². The van der Waals surface area contributed by atoms with Gasteiger partial charge in [-0.3, -0.25) is 0 Å². The van der Waals surface area contributed by atoms with Gasteiger partial charge in [0.25, 0.3) is 0 Å². The summed E-state index contributed by atoms with van der Waals surface area (Å²) < 4.78 is 5.06. The summed E-state index contributed by atoms with van der Waals surface area (Å²) in [5.74, 6) is 0. The fourth-order valence-electron chi connectivity index (χ4n) is 1.18. The standard InChI is InChI=1S/C11H18N2O3S/c14-4-6-16-5-1-3-12-11(15)13-8-10-2-7-17-9-10/h2,7,9,14H,1,3-6,8H2,(H2,12,13,15). The van der Waals surface area contributed by atoms with E-state index in [0.29, 0.717) is 26.3 Å². The number of hydrogen-bond donors (Lipinski definition) is 3. The number of nitrogens with one attached hydrogen (secondary N) is 2. The van der Waals surface area contributed by atoms with E-state index < -0.39 is 0 Å². The van der Waals surface area contributed by atoms with Gasteiger partial charge in [0.05, 0.1) is 13.2 Å². The molecule has 96 valence electrons. The second-order valence-electron chi connectivity index (χ2n) is 3.43. The Morgan fingerprint density at radius 1 is 1.41 bits per heavy atom. The fourth-order valence-corrected chi connectivity index (χ4v) is 1.85. The molecule has 0 radical (unpaired) electrons. The Kier molecular flexibility index (Phi) is 7.37. The highest BCUT2D eigenvalue weighted by atomic mass is 32.1. The molecule has 0 spiro atoms. The molecule has 0 aromatic carbocycles. The molecule has 0 fully saturated rings. The first-order valence-corrected chi connectivity index (χ1v) is 6.48. The molecule has 3 N–H and O–H groups in total. The van der Waals surface area contributed by atoms with Crippen molar-refractivity contribution in [3.63, 3.8) is 0 Å². The van der Waals surface area contributed by atoms with Gasteiger partial charge in [0, 0.05) is 19.7 Å². The van der Waals surface area contributed by atoms with Crippen LogP contribution in [0.1, 0.15) is 12.0 Å². The molecule has 17 heavy (non-hydrogen) atoms. The SMILES string of the molecule is O=C(NCCCOCCO)NCc1ccsc1. The Morgan fingerprint density at radius 2 is 2.29 bits per heavy atom. The molecule has 0 saturated heterocycles. The predicted molar refractivity (Wildman–Crippen MR) is 67.1 cm³/mol. The normalized spacial score (nSPS) is 10.2. The summed E-state index contributed by atoms with van der Waals surface area (Å²) in [6.45, 7) is 2.06. The van der Waals surface area contributed by atoms with Gasteiger partial charge in [-0.15, -0.1) is 0 Å². The van der Waals surface area contributed by atoms with Gasteiger partial charge < -0.3 is 20.5 Å². The van der Waals surface area contributed by atoms with Crippen molar-refractivity contribution in [2.75, 3.05) is 26.4 Å².